The zero-order valence-corrected chi connectivity index (χ0v) is 25.7. The van der Waals surface area contributed by atoms with E-state index in [0.29, 0.717) is 23.7 Å². The van der Waals surface area contributed by atoms with Crippen LogP contribution in [0.4, 0.5) is 5.69 Å². The van der Waals surface area contributed by atoms with Crippen LogP contribution in [0.5, 0.6) is 0 Å². The molecular weight excluding hydrogens is 564 g/mol. The number of rotatable bonds is 10. The molecule has 1 saturated carbocycles. The Hall–Kier alpha value is -3.20. The number of nitrogens with zero attached hydrogens (tertiary/aromatic N) is 2. The Morgan fingerprint density at radius 1 is 1.09 bits per heavy atom. The Morgan fingerprint density at radius 2 is 1.86 bits per heavy atom. The Morgan fingerprint density at radius 3 is 2.60 bits per heavy atom. The summed E-state index contributed by atoms with van der Waals surface area (Å²) in [5.41, 5.74) is 1.53. The van der Waals surface area contributed by atoms with Crippen molar-refractivity contribution in [3.05, 3.63) is 76.8 Å². The normalized spacial score (nSPS) is 28.0. The zero-order valence-electron chi connectivity index (χ0n) is 24.9. The monoisotopic (exact) mass is 604 g/mol. The van der Waals surface area contributed by atoms with E-state index in [9.17, 15) is 14.4 Å². The summed E-state index contributed by atoms with van der Waals surface area (Å²) < 4.78 is 6.50. The van der Waals surface area contributed by atoms with E-state index in [4.69, 9.17) is 16.3 Å². The van der Waals surface area contributed by atoms with E-state index >= 15 is 0 Å². The van der Waals surface area contributed by atoms with Gasteiger partial charge in [0, 0.05) is 29.8 Å². The molecule has 0 aromatic heterocycles. The molecule has 228 valence electrons. The molecule has 2 aromatic rings. The van der Waals surface area contributed by atoms with Crippen LogP contribution < -0.4 is 10.6 Å². The molecule has 3 heterocycles. The highest BCUT2D eigenvalue weighted by atomic mass is 35.5. The fourth-order valence-electron chi connectivity index (χ4n) is 7.42. The van der Waals surface area contributed by atoms with Crippen molar-refractivity contribution >= 4 is 35.0 Å². The van der Waals surface area contributed by atoms with E-state index in [0.717, 1.165) is 44.3 Å². The summed E-state index contributed by atoms with van der Waals surface area (Å²) in [4.78, 5) is 45.9. The molecule has 3 fully saturated rings. The molecule has 43 heavy (non-hydrogen) atoms. The molecule has 9 heteroatoms. The minimum Gasteiger partial charge on any atom is -0.359 e. The van der Waals surface area contributed by atoms with Gasteiger partial charge in [0.2, 0.25) is 17.7 Å². The summed E-state index contributed by atoms with van der Waals surface area (Å²) in [7, 11) is 2.06. The first-order chi connectivity index (χ1) is 20.8. The number of anilines is 1. The van der Waals surface area contributed by atoms with Crippen LogP contribution in [0.2, 0.25) is 5.02 Å². The molecule has 2 N–H and O–H groups in total. The number of likely N-dealkylation sites (tertiary alicyclic amines) is 1. The molecule has 2 saturated heterocycles. The molecular formula is C34H41ClN4O4. The summed E-state index contributed by atoms with van der Waals surface area (Å²) in [6, 6.07) is 14.9. The molecule has 3 aliphatic heterocycles. The molecule has 1 aliphatic carbocycles. The predicted molar refractivity (Wildman–Crippen MR) is 166 cm³/mol. The lowest BCUT2D eigenvalue weighted by Crippen LogP contribution is -2.56. The minimum absolute atomic E-state index is 0.0959. The summed E-state index contributed by atoms with van der Waals surface area (Å²) in [6.07, 6.45) is 9.09. The van der Waals surface area contributed by atoms with Crippen LogP contribution in [0.3, 0.4) is 0 Å². The van der Waals surface area contributed by atoms with Crippen molar-refractivity contribution in [1.82, 2.24) is 15.1 Å². The third kappa shape index (κ3) is 5.85. The molecule has 0 radical (unpaired) electrons. The van der Waals surface area contributed by atoms with E-state index in [1.54, 1.807) is 17.0 Å². The average molecular weight is 605 g/mol. The van der Waals surface area contributed by atoms with Gasteiger partial charge >= 0.3 is 0 Å². The lowest BCUT2D eigenvalue weighted by Gasteiger charge is -2.34. The number of aryl methyl sites for hydroxylation is 1. The molecule has 8 nitrogen and oxygen atoms in total. The van der Waals surface area contributed by atoms with Gasteiger partial charge in [0.15, 0.2) is 0 Å². The van der Waals surface area contributed by atoms with Crippen molar-refractivity contribution in [2.45, 2.75) is 75.8 Å². The van der Waals surface area contributed by atoms with Gasteiger partial charge in [-0.3, -0.25) is 14.4 Å². The number of halogens is 1. The smallest absolute Gasteiger partial charge is 0.246 e. The van der Waals surface area contributed by atoms with Crippen molar-refractivity contribution < 1.29 is 19.1 Å². The number of hydrogen-bond donors (Lipinski definition) is 2. The number of benzene rings is 2. The summed E-state index contributed by atoms with van der Waals surface area (Å²) in [6.45, 7) is 3.86. The standard InChI is InChI=1S/C34H41ClN4O4/c1-22-14-15-25(20-26(22)35)37-31(40)28-27-16-17-34(43-27)29(28)33(42)39(30(34)32(41)36-24-12-7-4-8-13-24)19-9-18-38(2)21-23-10-5-3-6-11-23/h3,5-6,10-11,14-17,20,24,27-30H,4,7-9,12-13,18-19,21H2,1-2H3,(H,36,41)(H,37,40). The highest BCUT2D eigenvalue weighted by molar-refractivity contribution is 6.31. The lowest BCUT2D eigenvalue weighted by atomic mass is 9.74. The zero-order chi connectivity index (χ0) is 30.1. The van der Waals surface area contributed by atoms with Gasteiger partial charge in [0.25, 0.3) is 0 Å². The Balaban J connectivity index is 1.21. The first-order valence-electron chi connectivity index (χ1n) is 15.5. The number of carbonyl (C=O) groups is 3. The number of fused-ring (bicyclic) bond motifs is 1. The van der Waals surface area contributed by atoms with E-state index < -0.39 is 29.6 Å². The van der Waals surface area contributed by atoms with Gasteiger partial charge in [-0.05, 0) is 63.0 Å². The number of nitrogens with one attached hydrogen (secondary N) is 2. The van der Waals surface area contributed by atoms with Gasteiger partial charge in [0.05, 0.1) is 17.9 Å². The molecule has 2 aromatic carbocycles. The molecule has 5 atom stereocenters. The van der Waals surface area contributed by atoms with Gasteiger partial charge in [-0.1, -0.05) is 79.4 Å². The van der Waals surface area contributed by atoms with Gasteiger partial charge < -0.3 is 25.2 Å². The fraction of sp³-hybridized carbons (Fsp3) is 0.500. The highest BCUT2D eigenvalue weighted by Gasteiger charge is 2.72. The van der Waals surface area contributed by atoms with Crippen molar-refractivity contribution in [2.75, 3.05) is 25.5 Å². The first kappa shape index (κ1) is 29.9. The number of ether oxygens (including phenoxy) is 1. The van der Waals surface area contributed by atoms with Crippen LogP contribution in [0.1, 0.15) is 49.7 Å². The Kier molecular flexibility index (Phi) is 8.63. The van der Waals surface area contributed by atoms with Crippen LogP contribution in [-0.4, -0.2) is 71.4 Å². The molecule has 2 bridgehead atoms. The number of amides is 3. The molecule has 3 amide bonds. The van der Waals surface area contributed by atoms with Crippen LogP contribution >= 0.6 is 11.6 Å². The quantitative estimate of drug-likeness (QED) is 0.384. The van der Waals surface area contributed by atoms with Crippen molar-refractivity contribution in [3.8, 4) is 0 Å². The first-order valence-corrected chi connectivity index (χ1v) is 15.9. The second-order valence-corrected chi connectivity index (χ2v) is 13.0. The molecule has 4 aliphatic rings. The van der Waals surface area contributed by atoms with Gasteiger partial charge in [0.1, 0.15) is 11.6 Å². The summed E-state index contributed by atoms with van der Waals surface area (Å²) >= 11 is 6.30. The van der Waals surface area contributed by atoms with Crippen molar-refractivity contribution in [1.29, 1.82) is 0 Å². The van der Waals surface area contributed by atoms with Crippen LogP contribution in [0.25, 0.3) is 0 Å². The number of hydrogen-bond acceptors (Lipinski definition) is 5. The molecule has 5 unspecified atom stereocenters. The van der Waals surface area contributed by atoms with Crippen molar-refractivity contribution in [3.63, 3.8) is 0 Å². The van der Waals surface area contributed by atoms with Gasteiger partial charge in [-0.25, -0.2) is 0 Å². The maximum atomic E-state index is 14.2. The molecule has 6 rings (SSSR count). The summed E-state index contributed by atoms with van der Waals surface area (Å²) in [5, 5.41) is 6.77. The maximum absolute atomic E-state index is 14.2. The molecule has 1 spiro atoms. The highest BCUT2D eigenvalue weighted by Crippen LogP contribution is 2.55. The van der Waals surface area contributed by atoms with Crippen LogP contribution in [0, 0.1) is 18.8 Å². The SMILES string of the molecule is Cc1ccc(NC(=O)C2C3C=CC4(O3)C2C(=O)N(CCCN(C)Cc2ccccc2)C4C(=O)NC2CCCCC2)cc1Cl. The largest absolute Gasteiger partial charge is 0.359 e. The topological polar surface area (TPSA) is 91.0 Å². The van der Waals surface area contributed by atoms with E-state index in [1.807, 2.05) is 43.3 Å². The third-order valence-corrected chi connectivity index (χ3v) is 9.96. The number of carbonyl (C=O) groups excluding carboxylic acids is 3. The maximum Gasteiger partial charge on any atom is 0.246 e. The second kappa shape index (κ2) is 12.4. The van der Waals surface area contributed by atoms with Crippen LogP contribution in [0.15, 0.2) is 60.7 Å². The van der Waals surface area contributed by atoms with E-state index in [1.165, 1.54) is 12.0 Å². The summed E-state index contributed by atoms with van der Waals surface area (Å²) in [5.74, 6) is -2.19. The Bertz CT molecular complexity index is 1390. The van der Waals surface area contributed by atoms with Crippen molar-refractivity contribution in [2.24, 2.45) is 11.8 Å². The lowest BCUT2D eigenvalue weighted by molar-refractivity contribution is -0.141. The van der Waals surface area contributed by atoms with E-state index in [-0.39, 0.29) is 23.8 Å². The Labute approximate surface area is 258 Å². The van der Waals surface area contributed by atoms with Gasteiger partial charge in [-0.15, -0.1) is 0 Å². The fourth-order valence-corrected chi connectivity index (χ4v) is 7.60. The van der Waals surface area contributed by atoms with E-state index in [2.05, 4.69) is 34.7 Å². The van der Waals surface area contributed by atoms with Crippen LogP contribution in [-0.2, 0) is 25.7 Å². The predicted octanol–water partition coefficient (Wildman–Crippen LogP) is 4.71. The van der Waals surface area contributed by atoms with Gasteiger partial charge in [-0.2, -0.15) is 0 Å². The third-order valence-electron chi connectivity index (χ3n) is 9.55. The average Bonchev–Trinajstić information content (AvgIpc) is 3.63. The minimum atomic E-state index is -1.16. The second-order valence-electron chi connectivity index (χ2n) is 12.6.